The molecule has 8 nitrogen and oxygen atoms in total. The van der Waals surface area contributed by atoms with Gasteiger partial charge in [0.05, 0.1) is 28.9 Å². The van der Waals surface area contributed by atoms with Crippen molar-refractivity contribution in [3.05, 3.63) is 62.9 Å². The maximum Gasteiger partial charge on any atom is 0.279 e. The van der Waals surface area contributed by atoms with E-state index in [1.165, 1.54) is 35.6 Å². The number of carbonyl (C=O) groups excluding carboxylic acids is 1. The molecule has 0 fully saturated rings. The molecule has 0 aliphatic heterocycles. The zero-order valence-electron chi connectivity index (χ0n) is 15.5. The molecule has 0 saturated carbocycles. The summed E-state index contributed by atoms with van der Waals surface area (Å²) in [4.78, 5) is 27.6. The van der Waals surface area contributed by atoms with Crippen LogP contribution in [0.1, 0.15) is 17.3 Å². The summed E-state index contributed by atoms with van der Waals surface area (Å²) in [6.45, 7) is 3.56. The van der Waals surface area contributed by atoms with Gasteiger partial charge in [-0.05, 0) is 37.3 Å². The third kappa shape index (κ3) is 4.26. The predicted octanol–water partition coefficient (Wildman–Crippen LogP) is 3.40. The Morgan fingerprint density at radius 1 is 1.25 bits per heavy atom. The van der Waals surface area contributed by atoms with Gasteiger partial charge in [-0.1, -0.05) is 11.3 Å². The average Bonchev–Trinajstić information content (AvgIpc) is 3.04. The van der Waals surface area contributed by atoms with E-state index in [9.17, 15) is 14.9 Å². The van der Waals surface area contributed by atoms with Gasteiger partial charge in [-0.2, -0.15) is 4.99 Å². The highest BCUT2D eigenvalue weighted by Crippen LogP contribution is 2.23. The normalized spacial score (nSPS) is 11.7. The van der Waals surface area contributed by atoms with Crippen LogP contribution in [0.4, 0.5) is 5.69 Å². The van der Waals surface area contributed by atoms with Crippen LogP contribution < -0.4 is 9.54 Å². The molecule has 0 saturated heterocycles. The maximum absolute atomic E-state index is 12.6. The molecular formula is C19H19N3O5S. The molecular weight excluding hydrogens is 382 g/mol. The molecule has 1 amide bonds. The van der Waals surface area contributed by atoms with Gasteiger partial charge in [-0.25, -0.2) is 0 Å². The molecule has 1 aromatic heterocycles. The largest absolute Gasteiger partial charge is 0.497 e. The molecule has 0 radical (unpaired) electrons. The topological polar surface area (TPSA) is 96.0 Å². The quantitative estimate of drug-likeness (QED) is 0.343. The summed E-state index contributed by atoms with van der Waals surface area (Å²) in [5, 5.41) is 10.8. The Morgan fingerprint density at radius 2 is 2.00 bits per heavy atom. The van der Waals surface area contributed by atoms with Crippen molar-refractivity contribution in [2.75, 3.05) is 20.3 Å². The van der Waals surface area contributed by atoms with E-state index < -0.39 is 10.8 Å². The summed E-state index contributed by atoms with van der Waals surface area (Å²) >= 11 is 1.37. The highest BCUT2D eigenvalue weighted by Gasteiger charge is 2.12. The summed E-state index contributed by atoms with van der Waals surface area (Å²) in [6, 6.07) is 11.1. The molecule has 0 atom stereocenters. The van der Waals surface area contributed by atoms with Crippen molar-refractivity contribution in [2.45, 2.75) is 13.5 Å². The molecule has 0 bridgehead atoms. The number of nitrogens with zero attached hydrogens (tertiary/aromatic N) is 3. The van der Waals surface area contributed by atoms with Crippen molar-refractivity contribution in [1.29, 1.82) is 0 Å². The number of fused-ring (bicyclic) bond motifs is 1. The summed E-state index contributed by atoms with van der Waals surface area (Å²) < 4.78 is 13.6. The van der Waals surface area contributed by atoms with Gasteiger partial charge in [0, 0.05) is 30.8 Å². The number of rotatable bonds is 7. The molecule has 1 heterocycles. The van der Waals surface area contributed by atoms with Gasteiger partial charge >= 0.3 is 0 Å². The smallest absolute Gasteiger partial charge is 0.279 e. The van der Waals surface area contributed by atoms with Crippen LogP contribution in [0.2, 0.25) is 0 Å². The van der Waals surface area contributed by atoms with Gasteiger partial charge in [0.25, 0.3) is 11.6 Å². The number of methoxy groups -OCH3 is 1. The van der Waals surface area contributed by atoms with Crippen LogP contribution in [0.3, 0.4) is 0 Å². The fraction of sp³-hybridized carbons (Fsp3) is 0.263. The monoisotopic (exact) mass is 401 g/mol. The molecule has 0 aliphatic carbocycles. The fourth-order valence-electron chi connectivity index (χ4n) is 2.66. The van der Waals surface area contributed by atoms with Crippen LogP contribution in [0.15, 0.2) is 47.5 Å². The first-order valence-corrected chi connectivity index (χ1v) is 9.43. The van der Waals surface area contributed by atoms with E-state index in [-0.39, 0.29) is 11.3 Å². The lowest BCUT2D eigenvalue weighted by atomic mass is 10.2. The standard InChI is InChI=1S/C19H19N3O5S/c1-3-27-11-10-21-16-9-8-15(26-2)12-17(16)28-19(21)20-18(23)13-4-6-14(7-5-13)22(24)25/h4-9,12H,3,10-11H2,1-2H3. The van der Waals surface area contributed by atoms with E-state index in [0.29, 0.717) is 24.6 Å². The first kappa shape index (κ1) is 19.7. The second-order valence-electron chi connectivity index (χ2n) is 5.79. The van der Waals surface area contributed by atoms with Crippen LogP contribution in [0.25, 0.3) is 10.2 Å². The third-order valence-corrected chi connectivity index (χ3v) is 5.12. The third-order valence-electron chi connectivity index (χ3n) is 4.08. The summed E-state index contributed by atoms with van der Waals surface area (Å²) in [7, 11) is 1.60. The van der Waals surface area contributed by atoms with E-state index in [4.69, 9.17) is 9.47 Å². The lowest BCUT2D eigenvalue weighted by Crippen LogP contribution is -2.19. The number of amides is 1. The van der Waals surface area contributed by atoms with Crippen molar-refractivity contribution in [3.63, 3.8) is 0 Å². The lowest BCUT2D eigenvalue weighted by molar-refractivity contribution is -0.384. The Labute approximate surface area is 164 Å². The number of benzene rings is 2. The van der Waals surface area contributed by atoms with Gasteiger partial charge in [0.1, 0.15) is 5.75 Å². The fourth-order valence-corrected chi connectivity index (χ4v) is 3.74. The zero-order chi connectivity index (χ0) is 20.1. The summed E-state index contributed by atoms with van der Waals surface area (Å²) in [6.07, 6.45) is 0. The van der Waals surface area contributed by atoms with E-state index in [2.05, 4.69) is 4.99 Å². The maximum atomic E-state index is 12.6. The molecule has 0 N–H and O–H groups in total. The number of carbonyl (C=O) groups is 1. The number of ether oxygens (including phenoxy) is 2. The zero-order valence-corrected chi connectivity index (χ0v) is 16.3. The molecule has 0 spiro atoms. The Morgan fingerprint density at radius 3 is 2.64 bits per heavy atom. The van der Waals surface area contributed by atoms with Gasteiger partial charge in [-0.3, -0.25) is 14.9 Å². The average molecular weight is 401 g/mol. The van der Waals surface area contributed by atoms with Crippen LogP contribution in [0, 0.1) is 10.1 Å². The van der Waals surface area contributed by atoms with Crippen molar-refractivity contribution < 1.29 is 19.2 Å². The Kier molecular flexibility index (Phi) is 6.17. The molecule has 3 aromatic rings. The summed E-state index contributed by atoms with van der Waals surface area (Å²) in [5.41, 5.74) is 1.15. The Bertz CT molecular complexity index is 1070. The number of nitro benzene ring substituents is 1. The molecule has 146 valence electrons. The number of hydrogen-bond donors (Lipinski definition) is 0. The van der Waals surface area contributed by atoms with Crippen LogP contribution >= 0.6 is 11.3 Å². The minimum atomic E-state index is -0.507. The number of nitro groups is 1. The van der Waals surface area contributed by atoms with Crippen LogP contribution in [-0.4, -0.2) is 35.7 Å². The molecule has 3 rings (SSSR count). The second kappa shape index (κ2) is 8.77. The second-order valence-corrected chi connectivity index (χ2v) is 6.80. The molecule has 2 aromatic carbocycles. The summed E-state index contributed by atoms with van der Waals surface area (Å²) in [5.74, 6) is 0.262. The van der Waals surface area contributed by atoms with Crippen LogP contribution in [-0.2, 0) is 11.3 Å². The lowest BCUT2D eigenvalue weighted by Gasteiger charge is -2.06. The minimum Gasteiger partial charge on any atom is -0.497 e. The van der Waals surface area contributed by atoms with Crippen molar-refractivity contribution >= 4 is 33.1 Å². The Balaban J connectivity index is 2.02. The van der Waals surface area contributed by atoms with E-state index in [0.717, 1.165) is 16.0 Å². The van der Waals surface area contributed by atoms with E-state index >= 15 is 0 Å². The molecule has 0 unspecified atom stereocenters. The highest BCUT2D eigenvalue weighted by atomic mass is 32.1. The van der Waals surface area contributed by atoms with Crippen LogP contribution in [0.5, 0.6) is 5.75 Å². The van der Waals surface area contributed by atoms with Gasteiger partial charge in [-0.15, -0.1) is 0 Å². The van der Waals surface area contributed by atoms with E-state index in [1.54, 1.807) is 7.11 Å². The van der Waals surface area contributed by atoms with Gasteiger partial charge in [0.15, 0.2) is 4.80 Å². The van der Waals surface area contributed by atoms with Gasteiger partial charge in [0.2, 0.25) is 0 Å². The first-order valence-electron chi connectivity index (χ1n) is 8.62. The van der Waals surface area contributed by atoms with Crippen molar-refractivity contribution in [2.24, 2.45) is 4.99 Å². The number of aromatic nitrogens is 1. The molecule has 0 aliphatic rings. The SMILES string of the molecule is CCOCCn1c(=NC(=O)c2ccc([N+](=O)[O-])cc2)sc2cc(OC)ccc21. The predicted molar refractivity (Wildman–Crippen MR) is 106 cm³/mol. The molecule has 28 heavy (non-hydrogen) atoms. The van der Waals surface area contributed by atoms with Gasteiger partial charge < -0.3 is 14.0 Å². The molecule has 9 heteroatoms. The van der Waals surface area contributed by atoms with Crippen molar-refractivity contribution in [1.82, 2.24) is 4.57 Å². The number of hydrogen-bond acceptors (Lipinski definition) is 6. The van der Waals surface area contributed by atoms with E-state index in [1.807, 2.05) is 29.7 Å². The number of thiazole rings is 1. The first-order chi connectivity index (χ1) is 13.5. The van der Waals surface area contributed by atoms with Crippen molar-refractivity contribution in [3.8, 4) is 5.75 Å². The minimum absolute atomic E-state index is 0.0720. The Hall–Kier alpha value is -3.04. The highest BCUT2D eigenvalue weighted by molar-refractivity contribution is 7.16. The number of non-ortho nitro benzene ring substituents is 1.